The molecule has 0 spiro atoms. The van der Waals surface area contributed by atoms with Crippen molar-refractivity contribution >= 4 is 220 Å². The second-order valence-electron chi connectivity index (χ2n) is 27.4. The van der Waals surface area contributed by atoms with Crippen molar-refractivity contribution < 1.29 is 141 Å². The number of alkyl halides is 1. The van der Waals surface area contributed by atoms with Crippen LogP contribution in [-0.4, -0.2) is 198 Å². The van der Waals surface area contributed by atoms with E-state index in [1.54, 1.807) is 4.90 Å². The van der Waals surface area contributed by atoms with Crippen LogP contribution >= 0.6 is 81.4 Å². The Hall–Kier alpha value is -9.36. The Bertz CT molecular complexity index is 6080. The van der Waals surface area contributed by atoms with E-state index in [1.165, 1.54) is 60.5 Å². The van der Waals surface area contributed by atoms with Crippen LogP contribution in [0.1, 0.15) is 70.1 Å². The van der Waals surface area contributed by atoms with E-state index in [0.717, 1.165) is 63.8 Å². The van der Waals surface area contributed by atoms with Crippen LogP contribution in [0.3, 0.4) is 0 Å². The Morgan fingerprint density at radius 1 is 0.443 bits per heavy atom. The smallest absolute Gasteiger partial charge is 0.292 e. The number of anilines is 6. The second-order valence-corrected chi connectivity index (χ2v) is 35.8. The lowest BCUT2D eigenvalue weighted by atomic mass is 10.1. The van der Waals surface area contributed by atoms with Gasteiger partial charge in [0.1, 0.15) is 0 Å². The summed E-state index contributed by atoms with van der Waals surface area (Å²) in [4.78, 5) is 93.0. The highest BCUT2D eigenvalue weighted by molar-refractivity contribution is 14.1. The fourth-order valence-electron chi connectivity index (χ4n) is 13.7. The molecule has 14 heterocycles. The lowest BCUT2D eigenvalue weighted by Gasteiger charge is -2.37. The van der Waals surface area contributed by atoms with Crippen molar-refractivity contribution in [3.05, 3.63) is 145 Å². The average molecular weight is 1930 g/mol. The number of benzene rings is 5. The summed E-state index contributed by atoms with van der Waals surface area (Å²) in [6.07, 6.45) is -1.53. The SMILES string of the molecule is C=C1CN(c2noc3c(F)c(F)c(C4OCCO4)cc23)C(=O)S1.C=C1CN(c2noc3c(F)c(F)c(C=O)cc23)C(=O)S1.C=C1CN(c2noc3c(F)c(N4C[C@H](C)O[C@@H](C)C4)c(C=O)cc23)C(=O)S1.CS(=O)(=O)OC[C@H]1CN(c2noc3c(F)c(F)c(C4OCCO4)cc23)C(=O)S1.O=C1S[C@@H](CI)CN1c1noc2c(F)c(F)c(C3OCCO3)cc12. The quantitative estimate of drug-likeness (QED) is 0.0302. The third-order valence-electron chi connectivity index (χ3n) is 18.9. The second kappa shape index (κ2) is 36.1. The van der Waals surface area contributed by atoms with Crippen LogP contribution in [-0.2, 0) is 47.5 Å². The van der Waals surface area contributed by atoms with E-state index in [1.807, 2.05) is 13.8 Å². The van der Waals surface area contributed by atoms with Crippen LogP contribution < -0.4 is 29.4 Å². The van der Waals surface area contributed by atoms with Crippen LogP contribution in [0.15, 0.2) is 87.4 Å². The lowest BCUT2D eigenvalue weighted by molar-refractivity contribution is -0.0469. The van der Waals surface area contributed by atoms with Gasteiger partial charge in [0, 0.05) is 72.8 Å². The predicted molar refractivity (Wildman–Crippen MR) is 433 cm³/mol. The van der Waals surface area contributed by atoms with Crippen molar-refractivity contribution in [2.75, 3.05) is 132 Å². The summed E-state index contributed by atoms with van der Waals surface area (Å²) in [5.74, 6) is -9.73. The molecule has 5 amide bonds. The van der Waals surface area contributed by atoms with E-state index in [4.69, 9.17) is 60.0 Å². The van der Waals surface area contributed by atoms with E-state index in [0.29, 0.717) is 67.1 Å². The number of fused-ring (bicyclic) bond motifs is 5. The van der Waals surface area contributed by atoms with Crippen LogP contribution in [0.4, 0.5) is 98.3 Å². The number of morpholine rings is 1. The molecule has 9 fully saturated rings. The Kier molecular flexibility index (Phi) is 25.9. The Morgan fingerprint density at radius 3 is 1.07 bits per heavy atom. The van der Waals surface area contributed by atoms with Crippen molar-refractivity contribution in [1.29, 1.82) is 0 Å². The summed E-state index contributed by atoms with van der Waals surface area (Å²) in [7, 11) is -3.66. The number of aromatic nitrogens is 5. The molecule has 4 atom stereocenters. The summed E-state index contributed by atoms with van der Waals surface area (Å²) in [6.45, 7) is 18.5. The van der Waals surface area contributed by atoms with Crippen molar-refractivity contribution in [3.8, 4) is 0 Å². The molecule has 33 nitrogen and oxygen atoms in total. The number of hydrogen-bond acceptors (Lipinski definition) is 33. The van der Waals surface area contributed by atoms with Crippen molar-refractivity contribution in [3.63, 3.8) is 0 Å². The van der Waals surface area contributed by atoms with Gasteiger partial charge in [-0.05, 0) is 79.5 Å². The molecule has 9 saturated heterocycles. The molecule has 0 saturated carbocycles. The third-order valence-corrected chi connectivity index (χ3v) is 25.7. The number of aldehydes is 2. The highest BCUT2D eigenvalue weighted by atomic mass is 127. The Morgan fingerprint density at radius 2 is 0.754 bits per heavy atom. The van der Waals surface area contributed by atoms with Crippen LogP contribution in [0.2, 0.25) is 0 Å². The molecule has 9 aliphatic rings. The van der Waals surface area contributed by atoms with E-state index in [9.17, 15) is 77.1 Å². The van der Waals surface area contributed by atoms with E-state index >= 15 is 4.39 Å². The number of rotatable bonds is 15. The lowest BCUT2D eigenvalue weighted by Crippen LogP contribution is -2.46. The monoisotopic (exact) mass is 1930 g/mol. The molecule has 9 aliphatic heterocycles. The standard InChI is InChI=1S/C18H18FN3O4S.C15H14F2N2O7S2.C14H11F2IN2O4S.C14H10F2N2O4S.C12H6F2N2O3S/c1-9-5-21(6-10(2)25-9)15-12(8-23)4-13-16(14(15)19)26-20-17(13)22-7-11(3)27-18(22)24;1-28(21,22)25-6-7-5-19(15(20)27-7)13-9-4-8(14-23-2-3-24-14)10(16)11(17)12(9)26-18-13;15-9-7(13-21-1-2-22-13)3-8-11(10(9)16)23-18-12(8)19-5-6(4-17)24-14(19)20;1-6-5-18(14(19)23-6)12-8-4-7(13-20-2-3-21-13)9(15)10(16)11(8)22-17-12;1-5-3-16(12(18)20-5)11-7-2-6(4-17)8(13)9(14)10(7)19-15-11/h4,8-10H,3,5-7H2,1-2H3;4,7,14H,2-3,5-6H2,1H3;3,6,13H,1-2,4-5H2;4,13H,1-3,5H2;2,4H,1,3H2/t9-,10-;7-;6-;;/m010../s1. The number of halogens is 10. The summed E-state index contributed by atoms with van der Waals surface area (Å²) in [5, 5.41) is 17.6. The molecular formula is C73H59F9IN11O22S6. The minimum absolute atomic E-state index is 0.00694. The molecule has 0 radical (unpaired) electrons. The first kappa shape index (κ1) is 87.5. The molecule has 5 aromatic carbocycles. The fourth-order valence-corrected chi connectivity index (χ4v) is 18.9. The molecular weight excluding hydrogens is 1870 g/mol. The highest BCUT2D eigenvalue weighted by Gasteiger charge is 2.42. The number of carbonyl (C=O) groups excluding carboxylic acids is 7. The zero-order valence-electron chi connectivity index (χ0n) is 62.9. The first-order valence-corrected chi connectivity index (χ1v) is 43.5. The van der Waals surface area contributed by atoms with Gasteiger partial charge in [-0.25, -0.2) is 22.0 Å². The molecule has 122 heavy (non-hydrogen) atoms. The molecule has 644 valence electrons. The largest absolute Gasteiger partial charge is 0.372 e. The maximum absolute atomic E-state index is 15.3. The van der Waals surface area contributed by atoms with Gasteiger partial charge in [-0.3, -0.25) is 62.2 Å². The molecule has 5 aromatic heterocycles. The third kappa shape index (κ3) is 17.4. The fraction of sp³-hybridized carbons (Fsp3) is 0.342. The maximum Gasteiger partial charge on any atom is 0.292 e. The van der Waals surface area contributed by atoms with Crippen molar-refractivity contribution in [1.82, 2.24) is 25.8 Å². The minimum atomic E-state index is -3.66. The van der Waals surface area contributed by atoms with Gasteiger partial charge < -0.3 is 60.7 Å². The summed E-state index contributed by atoms with van der Waals surface area (Å²) < 4.78 is 218. The maximum atomic E-state index is 15.3. The Labute approximate surface area is 714 Å². The minimum Gasteiger partial charge on any atom is -0.372 e. The van der Waals surface area contributed by atoms with Crippen LogP contribution in [0, 0.1) is 52.4 Å². The van der Waals surface area contributed by atoms with E-state index in [-0.39, 0.29) is 191 Å². The molecule has 19 rings (SSSR count). The number of amides is 5. The molecule has 49 heteroatoms. The molecule has 0 aliphatic carbocycles. The van der Waals surface area contributed by atoms with Gasteiger partial charge in [-0.1, -0.05) is 91.6 Å². The van der Waals surface area contributed by atoms with Crippen molar-refractivity contribution in [2.24, 2.45) is 0 Å². The van der Waals surface area contributed by atoms with Gasteiger partial charge in [-0.15, -0.1) is 0 Å². The normalized spacial score (nSPS) is 20.7. The zero-order chi connectivity index (χ0) is 86.8. The van der Waals surface area contributed by atoms with E-state index in [2.05, 4.69) is 68.1 Å². The van der Waals surface area contributed by atoms with Gasteiger partial charge in [-0.2, -0.15) is 26.0 Å². The van der Waals surface area contributed by atoms with Gasteiger partial charge >= 0.3 is 0 Å². The molecule has 10 aromatic rings. The van der Waals surface area contributed by atoms with E-state index < -0.39 is 109 Å². The van der Waals surface area contributed by atoms with Gasteiger partial charge in [0.25, 0.3) is 36.3 Å². The number of hydrogen-bond donors (Lipinski definition) is 0. The number of nitrogens with zero attached hydrogens (tertiary/aromatic N) is 11. The van der Waals surface area contributed by atoms with Crippen molar-refractivity contribution in [2.45, 2.75) is 55.4 Å². The van der Waals surface area contributed by atoms with Gasteiger partial charge in [0.15, 0.2) is 89.6 Å². The molecule has 0 N–H and O–H groups in total. The summed E-state index contributed by atoms with van der Waals surface area (Å²) in [5.41, 5.74) is -2.04. The first-order chi connectivity index (χ1) is 58.3. The number of carbonyl (C=O) groups is 7. The molecule has 0 unspecified atom stereocenters. The van der Waals surface area contributed by atoms with Gasteiger partial charge in [0.2, 0.25) is 51.2 Å². The predicted octanol–water partition coefficient (Wildman–Crippen LogP) is 15.8. The van der Waals surface area contributed by atoms with Crippen LogP contribution in [0.5, 0.6) is 0 Å². The first-order valence-electron chi connectivity index (χ1n) is 35.9. The topological polar surface area (TPSA) is 377 Å². The van der Waals surface area contributed by atoms with Gasteiger partial charge in [0.05, 0.1) is 128 Å². The summed E-state index contributed by atoms with van der Waals surface area (Å²) in [6, 6.07) is 6.62. The summed E-state index contributed by atoms with van der Waals surface area (Å²) >= 11 is 7.15. The highest BCUT2D eigenvalue weighted by Crippen LogP contribution is 2.46. The van der Waals surface area contributed by atoms with Crippen LogP contribution in [0.25, 0.3) is 54.8 Å². The zero-order valence-corrected chi connectivity index (χ0v) is 70.0. The number of ether oxygens (including phenoxy) is 7. The average Bonchev–Trinajstić information content (AvgIpc) is 1.59. The number of thioether (sulfide) groups is 5. The Balaban J connectivity index is 0.000000119. The molecule has 0 bridgehead atoms.